The van der Waals surface area contributed by atoms with E-state index in [1.165, 1.54) is 6.07 Å². The Balaban J connectivity index is 1.89. The van der Waals surface area contributed by atoms with Gasteiger partial charge in [0.1, 0.15) is 5.76 Å². The maximum atomic E-state index is 12.0. The van der Waals surface area contributed by atoms with Crippen LogP contribution in [0.5, 0.6) is 0 Å². The molecule has 1 saturated carbocycles. The highest BCUT2D eigenvalue weighted by Crippen LogP contribution is 2.26. The Kier molecular flexibility index (Phi) is 4.62. The van der Waals surface area contributed by atoms with Crippen molar-refractivity contribution in [2.24, 2.45) is 5.92 Å². The summed E-state index contributed by atoms with van der Waals surface area (Å²) in [4.78, 5) is 0. The summed E-state index contributed by atoms with van der Waals surface area (Å²) in [5, 5.41) is 12.2. The predicted molar refractivity (Wildman–Crippen MR) is 70.0 cm³/mol. The molecule has 0 atom stereocenters. The maximum Gasteiger partial charge on any atom is 0.273 e. The number of nitrogens with one attached hydrogen (secondary N) is 2. The lowest BCUT2D eigenvalue weighted by Crippen LogP contribution is -2.38. The lowest BCUT2D eigenvalue weighted by molar-refractivity contribution is 0.0453. The Bertz CT molecular complexity index is 506. The van der Waals surface area contributed by atoms with Crippen LogP contribution in [0.2, 0.25) is 0 Å². The van der Waals surface area contributed by atoms with E-state index in [0.717, 1.165) is 6.54 Å². The number of sulfonamides is 1. The van der Waals surface area contributed by atoms with Gasteiger partial charge >= 0.3 is 0 Å². The Morgan fingerprint density at radius 2 is 2.16 bits per heavy atom. The van der Waals surface area contributed by atoms with Crippen LogP contribution in [0, 0.1) is 5.92 Å². The van der Waals surface area contributed by atoms with Crippen LogP contribution >= 0.6 is 0 Å². The molecule has 1 aliphatic carbocycles. The number of aliphatic hydroxyl groups excluding tert-OH is 1. The van der Waals surface area contributed by atoms with E-state index in [-0.39, 0.29) is 17.1 Å². The van der Waals surface area contributed by atoms with Crippen molar-refractivity contribution in [3.05, 3.63) is 17.9 Å². The van der Waals surface area contributed by atoms with Crippen molar-refractivity contribution in [1.29, 1.82) is 0 Å². The number of hydrogen-bond donors (Lipinski definition) is 3. The lowest BCUT2D eigenvalue weighted by atomic mass is 9.83. The number of aliphatic hydroxyl groups is 1. The Labute approximate surface area is 113 Å². The summed E-state index contributed by atoms with van der Waals surface area (Å²) in [7, 11) is -3.58. The Morgan fingerprint density at radius 1 is 1.42 bits per heavy atom. The third kappa shape index (κ3) is 3.79. The molecule has 1 aromatic rings. The molecule has 1 aliphatic rings. The molecule has 3 N–H and O–H groups in total. The zero-order valence-electron chi connectivity index (χ0n) is 10.9. The molecule has 0 amide bonds. The van der Waals surface area contributed by atoms with Gasteiger partial charge in [0.2, 0.25) is 5.09 Å². The van der Waals surface area contributed by atoms with Crippen LogP contribution in [0.4, 0.5) is 0 Å². The van der Waals surface area contributed by atoms with E-state index in [0.29, 0.717) is 31.7 Å². The number of rotatable bonds is 7. The maximum absolute atomic E-state index is 12.0. The summed E-state index contributed by atoms with van der Waals surface area (Å²) in [6.45, 7) is 3.63. The third-order valence-electron chi connectivity index (χ3n) is 3.22. The Morgan fingerprint density at radius 3 is 2.79 bits per heavy atom. The summed E-state index contributed by atoms with van der Waals surface area (Å²) in [6.07, 6.45) is 1.04. The van der Waals surface area contributed by atoms with Gasteiger partial charge in [0.15, 0.2) is 0 Å². The van der Waals surface area contributed by atoms with Gasteiger partial charge in [-0.3, -0.25) is 0 Å². The first-order valence-electron chi connectivity index (χ1n) is 6.48. The van der Waals surface area contributed by atoms with Crippen LogP contribution in [0.3, 0.4) is 0 Å². The average molecular weight is 288 g/mol. The van der Waals surface area contributed by atoms with E-state index in [9.17, 15) is 8.42 Å². The molecule has 0 spiro atoms. The van der Waals surface area contributed by atoms with Crippen molar-refractivity contribution in [2.75, 3.05) is 13.1 Å². The summed E-state index contributed by atoms with van der Waals surface area (Å²) < 4.78 is 31.7. The molecule has 1 heterocycles. The van der Waals surface area contributed by atoms with Crippen molar-refractivity contribution < 1.29 is 17.9 Å². The van der Waals surface area contributed by atoms with Crippen LogP contribution in [0.15, 0.2) is 21.6 Å². The molecule has 2 rings (SSSR count). The molecule has 19 heavy (non-hydrogen) atoms. The quantitative estimate of drug-likeness (QED) is 0.677. The molecule has 6 nitrogen and oxygen atoms in total. The Hall–Kier alpha value is -0.890. The summed E-state index contributed by atoms with van der Waals surface area (Å²) >= 11 is 0. The van der Waals surface area contributed by atoms with Gasteiger partial charge in [0.25, 0.3) is 10.0 Å². The van der Waals surface area contributed by atoms with Crippen LogP contribution in [0.25, 0.3) is 0 Å². The summed E-state index contributed by atoms with van der Waals surface area (Å²) in [5.74, 6) is 0.822. The molecule has 0 radical (unpaired) electrons. The topological polar surface area (TPSA) is 91.6 Å². The molecule has 108 valence electrons. The molecule has 0 aliphatic heterocycles. The van der Waals surface area contributed by atoms with Gasteiger partial charge in [0.05, 0.1) is 12.6 Å². The lowest BCUT2D eigenvalue weighted by Gasteiger charge is -2.31. The first-order chi connectivity index (χ1) is 9.01. The van der Waals surface area contributed by atoms with Crippen molar-refractivity contribution in [1.82, 2.24) is 10.0 Å². The summed E-state index contributed by atoms with van der Waals surface area (Å²) in [6, 6.07) is 3.12. The van der Waals surface area contributed by atoms with Crippen molar-refractivity contribution in [3.8, 4) is 0 Å². The number of furan rings is 1. The van der Waals surface area contributed by atoms with Gasteiger partial charge in [-0.05, 0) is 37.4 Å². The van der Waals surface area contributed by atoms with E-state index in [2.05, 4.69) is 10.0 Å². The minimum atomic E-state index is -3.58. The van der Waals surface area contributed by atoms with E-state index < -0.39 is 10.0 Å². The van der Waals surface area contributed by atoms with Gasteiger partial charge in [-0.1, -0.05) is 6.92 Å². The van der Waals surface area contributed by atoms with Gasteiger partial charge in [-0.15, -0.1) is 0 Å². The van der Waals surface area contributed by atoms with E-state index >= 15 is 0 Å². The molecule has 0 saturated heterocycles. The highest BCUT2D eigenvalue weighted by molar-refractivity contribution is 7.89. The van der Waals surface area contributed by atoms with Crippen molar-refractivity contribution >= 4 is 10.0 Å². The highest BCUT2D eigenvalue weighted by Gasteiger charge is 2.29. The smallest absolute Gasteiger partial charge is 0.273 e. The molecule has 7 heteroatoms. The van der Waals surface area contributed by atoms with Gasteiger partial charge in [-0.2, -0.15) is 0 Å². The molecule has 0 bridgehead atoms. The normalized spacial score (nSPS) is 23.3. The van der Waals surface area contributed by atoms with E-state index in [4.69, 9.17) is 9.52 Å². The fourth-order valence-electron chi connectivity index (χ4n) is 2.01. The zero-order chi connectivity index (χ0) is 13.9. The van der Waals surface area contributed by atoms with Gasteiger partial charge in [0, 0.05) is 6.54 Å². The van der Waals surface area contributed by atoms with Gasteiger partial charge in [-0.25, -0.2) is 13.1 Å². The van der Waals surface area contributed by atoms with Crippen LogP contribution in [-0.4, -0.2) is 32.7 Å². The highest BCUT2D eigenvalue weighted by atomic mass is 32.2. The largest absolute Gasteiger partial charge is 0.447 e. The van der Waals surface area contributed by atoms with Crippen molar-refractivity contribution in [2.45, 2.75) is 37.5 Å². The van der Waals surface area contributed by atoms with E-state index in [1.54, 1.807) is 6.07 Å². The van der Waals surface area contributed by atoms with Crippen LogP contribution in [-0.2, 0) is 16.6 Å². The predicted octanol–water partition coefficient (Wildman–Crippen LogP) is 0.438. The number of hydrogen-bond acceptors (Lipinski definition) is 5. The molecule has 1 fully saturated rings. The average Bonchev–Trinajstić information content (AvgIpc) is 2.80. The fraction of sp³-hybridized carbons (Fsp3) is 0.667. The fourth-order valence-corrected chi connectivity index (χ4v) is 3.07. The minimum absolute atomic E-state index is 0.0553. The molecular weight excluding hydrogens is 268 g/mol. The molecule has 0 unspecified atom stereocenters. The first kappa shape index (κ1) is 14.5. The standard InChI is InChI=1S/C12H20N2O4S/c1-2-13-8-11-3-4-12(18-11)19(16,17)14-7-9-5-10(15)6-9/h3-4,9-10,13-15H,2,5-8H2,1H3. The zero-order valence-corrected chi connectivity index (χ0v) is 11.7. The second-order valence-electron chi connectivity index (χ2n) is 4.84. The molecule has 1 aromatic heterocycles. The van der Waals surface area contributed by atoms with Crippen LogP contribution < -0.4 is 10.0 Å². The SMILES string of the molecule is CCNCc1ccc(S(=O)(=O)NCC2CC(O)C2)o1. The molecular formula is C12H20N2O4S. The first-order valence-corrected chi connectivity index (χ1v) is 7.96. The summed E-state index contributed by atoms with van der Waals surface area (Å²) in [5.41, 5.74) is 0. The monoisotopic (exact) mass is 288 g/mol. The van der Waals surface area contributed by atoms with Crippen LogP contribution in [0.1, 0.15) is 25.5 Å². The minimum Gasteiger partial charge on any atom is -0.447 e. The molecule has 0 aromatic carbocycles. The second kappa shape index (κ2) is 6.04. The van der Waals surface area contributed by atoms with Crippen molar-refractivity contribution in [3.63, 3.8) is 0 Å². The van der Waals surface area contributed by atoms with E-state index in [1.807, 2.05) is 6.92 Å². The third-order valence-corrected chi connectivity index (χ3v) is 4.52. The van der Waals surface area contributed by atoms with Gasteiger partial charge < -0.3 is 14.8 Å². The second-order valence-corrected chi connectivity index (χ2v) is 6.54.